The van der Waals surface area contributed by atoms with E-state index in [4.69, 9.17) is 5.73 Å². The minimum absolute atomic E-state index is 0. The molecule has 0 bridgehead atoms. The summed E-state index contributed by atoms with van der Waals surface area (Å²) in [5.41, 5.74) is 7.66. The normalized spacial score (nSPS) is 7.58. The fourth-order valence-electron chi connectivity index (χ4n) is 0.753. The van der Waals surface area contributed by atoms with Crippen LogP contribution in [0.25, 0.3) is 0 Å². The number of hydrogen-bond donors (Lipinski definition) is 1. The predicted octanol–water partition coefficient (Wildman–Crippen LogP) is 3.49. The average Bonchev–Trinajstić information content (AvgIpc) is 2.10. The van der Waals surface area contributed by atoms with Gasteiger partial charge in [-0.15, -0.1) is 0 Å². The second-order valence-corrected chi connectivity index (χ2v) is 2.10. The van der Waals surface area contributed by atoms with Crippen LogP contribution >= 0.6 is 0 Å². The minimum Gasteiger partial charge on any atom is -0.399 e. The lowest BCUT2D eigenvalue weighted by Gasteiger charge is -1.94. The molecule has 0 saturated carbocycles. The Morgan fingerprint density at radius 2 is 1.50 bits per heavy atom. The van der Waals surface area contributed by atoms with E-state index in [1.807, 2.05) is 26.0 Å². The molecule has 1 nitrogen and oxygen atoms in total. The van der Waals surface area contributed by atoms with Crippen LogP contribution in [0.4, 0.5) is 5.69 Å². The maximum absolute atomic E-state index is 5.48. The van der Waals surface area contributed by atoms with E-state index in [2.05, 4.69) is 19.1 Å². The van der Waals surface area contributed by atoms with E-state index in [-0.39, 0.29) is 7.43 Å². The Bertz CT molecular complexity index is 177. The Balaban J connectivity index is 0. The van der Waals surface area contributed by atoms with Crippen molar-refractivity contribution in [1.29, 1.82) is 0 Å². The van der Waals surface area contributed by atoms with Gasteiger partial charge in [0.25, 0.3) is 0 Å². The van der Waals surface area contributed by atoms with Gasteiger partial charge in [-0.25, -0.2) is 0 Å². The average molecular weight is 167 g/mol. The number of nitrogens with two attached hydrogens (primary N) is 1. The van der Waals surface area contributed by atoms with Gasteiger partial charge in [0.15, 0.2) is 0 Å². The van der Waals surface area contributed by atoms with Crippen molar-refractivity contribution in [1.82, 2.24) is 0 Å². The van der Waals surface area contributed by atoms with E-state index in [0.717, 1.165) is 12.1 Å². The van der Waals surface area contributed by atoms with E-state index in [0.29, 0.717) is 0 Å². The summed E-state index contributed by atoms with van der Waals surface area (Å²) < 4.78 is 0. The molecular formula is C11H21N. The van der Waals surface area contributed by atoms with Crippen LogP contribution in [0.3, 0.4) is 0 Å². The molecule has 0 fully saturated rings. The highest BCUT2D eigenvalue weighted by atomic mass is 14.5. The Labute approximate surface area is 76.6 Å². The van der Waals surface area contributed by atoms with E-state index in [9.17, 15) is 0 Å². The highest BCUT2D eigenvalue weighted by molar-refractivity contribution is 5.39. The van der Waals surface area contributed by atoms with Crippen LogP contribution in [0.15, 0.2) is 24.3 Å². The van der Waals surface area contributed by atoms with Gasteiger partial charge in [-0.05, 0) is 24.1 Å². The first-order valence-corrected chi connectivity index (χ1v) is 4.17. The second kappa shape index (κ2) is 8.12. The Hall–Kier alpha value is -0.980. The van der Waals surface area contributed by atoms with Gasteiger partial charge in [0.1, 0.15) is 0 Å². The van der Waals surface area contributed by atoms with Crippen LogP contribution in [-0.4, -0.2) is 0 Å². The van der Waals surface area contributed by atoms with Crippen molar-refractivity contribution < 1.29 is 0 Å². The van der Waals surface area contributed by atoms with E-state index >= 15 is 0 Å². The zero-order chi connectivity index (χ0) is 8.69. The minimum atomic E-state index is 0. The van der Waals surface area contributed by atoms with Gasteiger partial charge >= 0.3 is 0 Å². The molecule has 1 rings (SSSR count). The van der Waals surface area contributed by atoms with Crippen LogP contribution in [0.2, 0.25) is 0 Å². The van der Waals surface area contributed by atoms with Gasteiger partial charge in [-0.2, -0.15) is 0 Å². The van der Waals surface area contributed by atoms with Crippen molar-refractivity contribution in [2.24, 2.45) is 0 Å². The standard InChI is InChI=1S/C8H11N.C2H6.CH4/c1-2-7-3-5-8(9)6-4-7;1-2;/h3-6H,2,9H2,1H3;1-2H3;1H4. The monoisotopic (exact) mass is 167 g/mol. The third-order valence-electron chi connectivity index (χ3n) is 1.39. The molecule has 0 unspecified atom stereocenters. The molecule has 12 heavy (non-hydrogen) atoms. The third-order valence-corrected chi connectivity index (χ3v) is 1.39. The summed E-state index contributed by atoms with van der Waals surface area (Å²) in [5, 5.41) is 0. The summed E-state index contributed by atoms with van der Waals surface area (Å²) in [7, 11) is 0. The molecule has 0 aliphatic rings. The van der Waals surface area contributed by atoms with Crippen LogP contribution < -0.4 is 5.73 Å². The van der Waals surface area contributed by atoms with Crippen molar-refractivity contribution >= 4 is 5.69 Å². The number of anilines is 1. The Kier molecular flexibility index (Phi) is 9.20. The van der Waals surface area contributed by atoms with E-state index in [1.54, 1.807) is 0 Å². The molecule has 0 aromatic heterocycles. The number of rotatable bonds is 1. The molecule has 0 aliphatic carbocycles. The second-order valence-electron chi connectivity index (χ2n) is 2.10. The van der Waals surface area contributed by atoms with Crippen LogP contribution in [0, 0.1) is 0 Å². The number of aryl methyl sites for hydroxylation is 1. The molecule has 1 aromatic carbocycles. The fraction of sp³-hybridized carbons (Fsp3) is 0.455. The smallest absolute Gasteiger partial charge is 0.0314 e. The molecule has 70 valence electrons. The molecule has 2 N–H and O–H groups in total. The number of benzene rings is 1. The Morgan fingerprint density at radius 1 is 1.08 bits per heavy atom. The molecule has 1 heteroatoms. The van der Waals surface area contributed by atoms with E-state index < -0.39 is 0 Å². The molecule has 0 saturated heterocycles. The quantitative estimate of drug-likeness (QED) is 0.636. The fourth-order valence-corrected chi connectivity index (χ4v) is 0.753. The zero-order valence-electron chi connectivity index (χ0n) is 7.59. The molecule has 1 aromatic rings. The molecule has 0 spiro atoms. The largest absolute Gasteiger partial charge is 0.399 e. The van der Waals surface area contributed by atoms with E-state index in [1.165, 1.54) is 5.56 Å². The van der Waals surface area contributed by atoms with Crippen molar-refractivity contribution in [3.05, 3.63) is 29.8 Å². The van der Waals surface area contributed by atoms with Gasteiger partial charge in [-0.1, -0.05) is 40.3 Å². The zero-order valence-corrected chi connectivity index (χ0v) is 7.59. The highest BCUT2D eigenvalue weighted by Crippen LogP contribution is 2.04. The van der Waals surface area contributed by atoms with Gasteiger partial charge < -0.3 is 5.73 Å². The molecular weight excluding hydrogens is 146 g/mol. The number of hydrogen-bond acceptors (Lipinski definition) is 1. The molecule has 0 aliphatic heterocycles. The molecule has 0 radical (unpaired) electrons. The summed E-state index contributed by atoms with van der Waals surface area (Å²) in [6, 6.07) is 7.96. The van der Waals surface area contributed by atoms with Crippen molar-refractivity contribution in [2.45, 2.75) is 34.6 Å². The predicted molar refractivity (Wildman–Crippen MR) is 58.3 cm³/mol. The highest BCUT2D eigenvalue weighted by Gasteiger charge is 1.85. The number of nitrogen functional groups attached to an aromatic ring is 1. The first kappa shape index (κ1) is 13.6. The lowest BCUT2D eigenvalue weighted by atomic mass is 10.2. The first-order chi connectivity index (χ1) is 5.33. The topological polar surface area (TPSA) is 26.0 Å². The van der Waals surface area contributed by atoms with Gasteiger partial charge in [-0.3, -0.25) is 0 Å². The van der Waals surface area contributed by atoms with Crippen molar-refractivity contribution in [3.63, 3.8) is 0 Å². The first-order valence-electron chi connectivity index (χ1n) is 4.17. The summed E-state index contributed by atoms with van der Waals surface area (Å²) in [5.74, 6) is 0. The molecule has 0 heterocycles. The van der Waals surface area contributed by atoms with Gasteiger partial charge in [0.2, 0.25) is 0 Å². The SMILES string of the molecule is C.CC.CCc1ccc(N)cc1. The van der Waals surface area contributed by atoms with Crippen molar-refractivity contribution in [2.75, 3.05) is 5.73 Å². The van der Waals surface area contributed by atoms with Crippen LogP contribution in [-0.2, 0) is 6.42 Å². The summed E-state index contributed by atoms with van der Waals surface area (Å²) >= 11 is 0. The maximum atomic E-state index is 5.48. The maximum Gasteiger partial charge on any atom is 0.0314 e. The summed E-state index contributed by atoms with van der Waals surface area (Å²) in [4.78, 5) is 0. The summed E-state index contributed by atoms with van der Waals surface area (Å²) in [6.45, 7) is 6.13. The summed E-state index contributed by atoms with van der Waals surface area (Å²) in [6.07, 6.45) is 1.08. The van der Waals surface area contributed by atoms with Gasteiger partial charge in [0.05, 0.1) is 0 Å². The third kappa shape index (κ3) is 4.78. The molecule has 0 atom stereocenters. The lowest BCUT2D eigenvalue weighted by molar-refractivity contribution is 1.14. The lowest BCUT2D eigenvalue weighted by Crippen LogP contribution is -1.84. The van der Waals surface area contributed by atoms with Crippen molar-refractivity contribution in [3.8, 4) is 0 Å². The molecule has 0 amide bonds. The van der Waals surface area contributed by atoms with Crippen LogP contribution in [0.5, 0.6) is 0 Å². The van der Waals surface area contributed by atoms with Gasteiger partial charge in [0, 0.05) is 5.69 Å². The van der Waals surface area contributed by atoms with Crippen LogP contribution in [0.1, 0.15) is 33.8 Å². The Morgan fingerprint density at radius 3 is 1.83 bits per heavy atom.